The van der Waals surface area contributed by atoms with Gasteiger partial charge in [-0.3, -0.25) is 4.68 Å². The van der Waals surface area contributed by atoms with Gasteiger partial charge in [0.15, 0.2) is 5.69 Å². The molecule has 0 bridgehead atoms. The Labute approximate surface area is 161 Å². The van der Waals surface area contributed by atoms with Gasteiger partial charge in [0, 0.05) is 12.6 Å². The van der Waals surface area contributed by atoms with Gasteiger partial charge >= 0.3 is 18.8 Å². The standard InChI is InChI=1S/C17H16ClF5N2O3/c1-16(2,17(21,22)23)7-8-4-5-9(10(6-8)28-15(19)20)13-11(18)12(14(26)27)24-25(13)3/h4-6,15H,7H2,1-3H3,(H,26,27). The summed E-state index contributed by atoms with van der Waals surface area (Å²) in [4.78, 5) is 11.2. The minimum atomic E-state index is -4.50. The van der Waals surface area contributed by atoms with Gasteiger partial charge in [-0.15, -0.1) is 0 Å². The maximum Gasteiger partial charge on any atom is 0.394 e. The second kappa shape index (κ2) is 7.57. The number of ether oxygens (including phenoxy) is 1. The molecule has 11 heteroatoms. The number of carboxylic acids is 1. The lowest BCUT2D eigenvalue weighted by Gasteiger charge is -2.28. The summed E-state index contributed by atoms with van der Waals surface area (Å²) in [7, 11) is 1.35. The molecule has 1 heterocycles. The van der Waals surface area contributed by atoms with E-state index in [9.17, 15) is 26.7 Å². The average molecular weight is 427 g/mol. The normalized spacial score (nSPS) is 12.5. The Morgan fingerprint density at radius 2 is 1.93 bits per heavy atom. The number of carboxylic acid groups (broad SMARTS) is 1. The third kappa shape index (κ3) is 4.37. The van der Waals surface area contributed by atoms with Crippen molar-refractivity contribution >= 4 is 17.6 Å². The van der Waals surface area contributed by atoms with E-state index in [0.29, 0.717) is 0 Å². The van der Waals surface area contributed by atoms with Gasteiger partial charge in [0.25, 0.3) is 0 Å². The maximum atomic E-state index is 13.1. The summed E-state index contributed by atoms with van der Waals surface area (Å²) in [5.41, 5.74) is -2.53. The molecular formula is C17H16ClF5N2O3. The third-order valence-corrected chi connectivity index (χ3v) is 4.48. The zero-order valence-electron chi connectivity index (χ0n) is 14.9. The smallest absolute Gasteiger partial charge is 0.394 e. The minimum absolute atomic E-state index is 0.0173. The van der Waals surface area contributed by atoms with Crippen LogP contribution in [0.2, 0.25) is 5.02 Å². The minimum Gasteiger partial charge on any atom is -0.476 e. The van der Waals surface area contributed by atoms with Gasteiger partial charge < -0.3 is 9.84 Å². The van der Waals surface area contributed by atoms with E-state index in [0.717, 1.165) is 24.6 Å². The van der Waals surface area contributed by atoms with Crippen molar-refractivity contribution in [2.24, 2.45) is 12.5 Å². The van der Waals surface area contributed by atoms with Crippen molar-refractivity contribution in [2.45, 2.75) is 33.1 Å². The molecule has 0 saturated carbocycles. The van der Waals surface area contributed by atoms with Crippen LogP contribution >= 0.6 is 11.6 Å². The van der Waals surface area contributed by atoms with Crippen molar-refractivity contribution < 1.29 is 36.6 Å². The second-order valence-electron chi connectivity index (χ2n) is 6.71. The largest absolute Gasteiger partial charge is 0.476 e. The first-order chi connectivity index (χ1) is 12.7. The first-order valence-electron chi connectivity index (χ1n) is 7.85. The van der Waals surface area contributed by atoms with Gasteiger partial charge in [-0.1, -0.05) is 31.5 Å². The molecule has 0 saturated heterocycles. The fraction of sp³-hybridized carbons (Fsp3) is 0.412. The molecule has 1 aromatic heterocycles. The molecule has 0 spiro atoms. The van der Waals surface area contributed by atoms with Gasteiger partial charge in [-0.2, -0.15) is 27.1 Å². The number of carbonyl (C=O) groups is 1. The third-order valence-electron chi connectivity index (χ3n) is 4.12. The molecule has 0 fully saturated rings. The lowest BCUT2D eigenvalue weighted by molar-refractivity contribution is -0.211. The number of alkyl halides is 5. The zero-order valence-corrected chi connectivity index (χ0v) is 15.7. The van der Waals surface area contributed by atoms with E-state index in [4.69, 9.17) is 16.7 Å². The van der Waals surface area contributed by atoms with Crippen molar-refractivity contribution in [2.75, 3.05) is 0 Å². The zero-order chi connectivity index (χ0) is 21.4. The highest BCUT2D eigenvalue weighted by Crippen LogP contribution is 2.42. The van der Waals surface area contributed by atoms with Crippen LogP contribution in [0.4, 0.5) is 22.0 Å². The first kappa shape index (κ1) is 21.9. The number of rotatable bonds is 6. The Morgan fingerprint density at radius 3 is 2.39 bits per heavy atom. The molecular weight excluding hydrogens is 411 g/mol. The molecule has 0 unspecified atom stereocenters. The van der Waals surface area contributed by atoms with Crippen molar-refractivity contribution in [1.29, 1.82) is 0 Å². The van der Waals surface area contributed by atoms with Gasteiger partial charge in [0.05, 0.1) is 11.1 Å². The SMILES string of the molecule is Cn1nc(C(=O)O)c(Cl)c1-c1ccc(CC(C)(C)C(F)(F)F)cc1OC(F)F. The van der Waals surface area contributed by atoms with Crippen LogP contribution in [-0.4, -0.2) is 33.6 Å². The molecule has 0 atom stereocenters. The summed E-state index contributed by atoms with van der Waals surface area (Å²) >= 11 is 6.02. The number of benzene rings is 1. The average Bonchev–Trinajstić information content (AvgIpc) is 2.81. The molecule has 0 aliphatic rings. The van der Waals surface area contributed by atoms with Crippen LogP contribution in [0.5, 0.6) is 5.75 Å². The number of hydrogen-bond donors (Lipinski definition) is 1. The fourth-order valence-electron chi connectivity index (χ4n) is 2.60. The Bertz CT molecular complexity index is 894. The lowest BCUT2D eigenvalue weighted by atomic mass is 9.84. The highest BCUT2D eigenvalue weighted by atomic mass is 35.5. The molecule has 154 valence electrons. The van der Waals surface area contributed by atoms with Crippen LogP contribution < -0.4 is 4.74 Å². The lowest BCUT2D eigenvalue weighted by Crippen LogP contribution is -2.34. The van der Waals surface area contributed by atoms with Crippen LogP contribution in [0.15, 0.2) is 18.2 Å². The molecule has 1 N–H and O–H groups in total. The number of nitrogens with zero attached hydrogens (tertiary/aromatic N) is 2. The highest BCUT2D eigenvalue weighted by molar-refractivity contribution is 6.35. The van der Waals surface area contributed by atoms with Crippen molar-refractivity contribution in [3.8, 4) is 17.0 Å². The van der Waals surface area contributed by atoms with Crippen molar-refractivity contribution in [1.82, 2.24) is 9.78 Å². The number of halogens is 6. The Kier molecular flexibility index (Phi) is 5.93. The second-order valence-corrected chi connectivity index (χ2v) is 7.09. The Morgan fingerprint density at radius 1 is 1.32 bits per heavy atom. The van der Waals surface area contributed by atoms with E-state index < -0.39 is 42.0 Å². The van der Waals surface area contributed by atoms with E-state index in [1.54, 1.807) is 0 Å². The number of aromatic nitrogens is 2. The predicted molar refractivity (Wildman–Crippen MR) is 90.8 cm³/mol. The van der Waals surface area contributed by atoms with Gasteiger partial charge in [0.2, 0.25) is 0 Å². The monoisotopic (exact) mass is 426 g/mol. The van der Waals surface area contributed by atoms with Crippen LogP contribution in [0, 0.1) is 5.41 Å². The molecule has 5 nitrogen and oxygen atoms in total. The number of aromatic carboxylic acids is 1. The summed E-state index contributed by atoms with van der Waals surface area (Å²) in [6.07, 6.45) is -4.98. The van der Waals surface area contributed by atoms with Crippen LogP contribution in [0.25, 0.3) is 11.3 Å². The predicted octanol–water partition coefficient (Wildman–Crippen LogP) is 5.17. The fourth-order valence-corrected chi connectivity index (χ4v) is 2.95. The quantitative estimate of drug-likeness (QED) is 0.647. The van der Waals surface area contributed by atoms with Crippen LogP contribution in [-0.2, 0) is 13.5 Å². The first-order valence-corrected chi connectivity index (χ1v) is 8.23. The number of hydrogen-bond acceptors (Lipinski definition) is 3. The molecule has 28 heavy (non-hydrogen) atoms. The Hall–Kier alpha value is -2.36. The molecule has 0 amide bonds. The van der Waals surface area contributed by atoms with E-state index in [1.165, 1.54) is 19.2 Å². The molecule has 0 aliphatic carbocycles. The Balaban J connectivity index is 2.57. The molecule has 2 aromatic rings. The van der Waals surface area contributed by atoms with Crippen molar-refractivity contribution in [3.05, 3.63) is 34.5 Å². The van der Waals surface area contributed by atoms with E-state index in [-0.39, 0.29) is 21.8 Å². The molecule has 2 rings (SSSR count). The van der Waals surface area contributed by atoms with Crippen LogP contribution in [0.3, 0.4) is 0 Å². The molecule has 0 aliphatic heterocycles. The van der Waals surface area contributed by atoms with E-state index in [1.807, 2.05) is 0 Å². The van der Waals surface area contributed by atoms with Gasteiger partial charge in [-0.25, -0.2) is 4.79 Å². The van der Waals surface area contributed by atoms with Crippen LogP contribution in [0.1, 0.15) is 29.9 Å². The topological polar surface area (TPSA) is 64.4 Å². The van der Waals surface area contributed by atoms with E-state index in [2.05, 4.69) is 9.84 Å². The summed E-state index contributed by atoms with van der Waals surface area (Å²) in [6, 6.07) is 3.61. The number of aryl methyl sites for hydroxylation is 1. The van der Waals surface area contributed by atoms with E-state index >= 15 is 0 Å². The summed E-state index contributed by atoms with van der Waals surface area (Å²) in [5.74, 6) is -1.86. The maximum absolute atomic E-state index is 13.1. The summed E-state index contributed by atoms with van der Waals surface area (Å²) < 4.78 is 70.6. The summed E-state index contributed by atoms with van der Waals surface area (Å²) in [6.45, 7) is -1.27. The highest BCUT2D eigenvalue weighted by Gasteiger charge is 2.47. The van der Waals surface area contributed by atoms with Gasteiger partial charge in [-0.05, 0) is 24.1 Å². The summed E-state index contributed by atoms with van der Waals surface area (Å²) in [5, 5.41) is 12.5. The molecule has 1 aromatic carbocycles. The van der Waals surface area contributed by atoms with Gasteiger partial charge in [0.1, 0.15) is 10.8 Å². The van der Waals surface area contributed by atoms with Crippen molar-refractivity contribution in [3.63, 3.8) is 0 Å². The molecule has 0 radical (unpaired) electrons.